The molecule has 116 valence electrons. The topological polar surface area (TPSA) is 59.6 Å². The zero-order valence-corrected chi connectivity index (χ0v) is 12.8. The third-order valence-corrected chi connectivity index (χ3v) is 3.89. The molecule has 2 rings (SSSR count). The van der Waals surface area contributed by atoms with Gasteiger partial charge in [-0.2, -0.15) is 0 Å². The SMILES string of the molecule is COc1ccc(OC)c(C(=O)NCCC2CCCNC2)c1. The number of rotatable bonds is 6. The Kier molecular flexibility index (Phi) is 5.87. The summed E-state index contributed by atoms with van der Waals surface area (Å²) in [6, 6.07) is 5.23. The van der Waals surface area contributed by atoms with E-state index >= 15 is 0 Å². The van der Waals surface area contributed by atoms with Gasteiger partial charge in [0.25, 0.3) is 5.91 Å². The molecular formula is C16H24N2O3. The molecular weight excluding hydrogens is 268 g/mol. The molecule has 1 saturated heterocycles. The Labute approximate surface area is 126 Å². The van der Waals surface area contributed by atoms with Gasteiger partial charge in [-0.25, -0.2) is 0 Å². The van der Waals surface area contributed by atoms with Gasteiger partial charge in [0.15, 0.2) is 0 Å². The Bertz CT molecular complexity index is 471. The van der Waals surface area contributed by atoms with Crippen LogP contribution in [-0.2, 0) is 0 Å². The van der Waals surface area contributed by atoms with Crippen LogP contribution in [0, 0.1) is 5.92 Å². The molecule has 1 aliphatic heterocycles. The van der Waals surface area contributed by atoms with Gasteiger partial charge in [0.05, 0.1) is 19.8 Å². The molecule has 2 N–H and O–H groups in total. The Morgan fingerprint density at radius 2 is 2.24 bits per heavy atom. The van der Waals surface area contributed by atoms with Gasteiger partial charge in [-0.1, -0.05) is 0 Å². The molecule has 0 saturated carbocycles. The van der Waals surface area contributed by atoms with Gasteiger partial charge in [0.1, 0.15) is 11.5 Å². The molecule has 1 heterocycles. The fraction of sp³-hybridized carbons (Fsp3) is 0.562. The van der Waals surface area contributed by atoms with E-state index in [4.69, 9.17) is 9.47 Å². The Balaban J connectivity index is 1.89. The highest BCUT2D eigenvalue weighted by molar-refractivity contribution is 5.97. The summed E-state index contributed by atoms with van der Waals surface area (Å²) in [5.74, 6) is 1.76. The summed E-state index contributed by atoms with van der Waals surface area (Å²) >= 11 is 0. The van der Waals surface area contributed by atoms with Crippen molar-refractivity contribution in [2.75, 3.05) is 33.9 Å². The molecule has 1 fully saturated rings. The average molecular weight is 292 g/mol. The van der Waals surface area contributed by atoms with E-state index in [0.717, 1.165) is 19.5 Å². The maximum atomic E-state index is 12.3. The van der Waals surface area contributed by atoms with Crippen LogP contribution in [0.4, 0.5) is 0 Å². The minimum atomic E-state index is -0.116. The van der Waals surface area contributed by atoms with Gasteiger partial charge in [-0.15, -0.1) is 0 Å². The number of hydrogen-bond donors (Lipinski definition) is 2. The van der Waals surface area contributed by atoms with Crippen LogP contribution >= 0.6 is 0 Å². The summed E-state index contributed by atoms with van der Waals surface area (Å²) in [6.07, 6.45) is 3.47. The zero-order valence-electron chi connectivity index (χ0n) is 12.8. The number of piperidine rings is 1. The molecule has 1 atom stereocenters. The molecule has 1 unspecified atom stereocenters. The lowest BCUT2D eigenvalue weighted by molar-refractivity contribution is 0.0947. The summed E-state index contributed by atoms with van der Waals surface area (Å²) in [6.45, 7) is 2.85. The third kappa shape index (κ3) is 4.36. The average Bonchev–Trinajstić information content (AvgIpc) is 2.55. The first-order valence-electron chi connectivity index (χ1n) is 7.45. The predicted octanol–water partition coefficient (Wildman–Crippen LogP) is 1.82. The Morgan fingerprint density at radius 3 is 2.90 bits per heavy atom. The highest BCUT2D eigenvalue weighted by atomic mass is 16.5. The van der Waals surface area contributed by atoms with E-state index in [9.17, 15) is 4.79 Å². The van der Waals surface area contributed by atoms with Crippen LogP contribution in [0.5, 0.6) is 11.5 Å². The standard InChI is InChI=1S/C16H24N2O3/c1-20-13-5-6-15(21-2)14(10-13)16(19)18-9-7-12-4-3-8-17-11-12/h5-6,10,12,17H,3-4,7-9,11H2,1-2H3,(H,18,19). The van der Waals surface area contributed by atoms with Crippen molar-refractivity contribution < 1.29 is 14.3 Å². The highest BCUT2D eigenvalue weighted by Crippen LogP contribution is 2.23. The molecule has 0 spiro atoms. The van der Waals surface area contributed by atoms with Crippen LogP contribution in [0.3, 0.4) is 0 Å². The normalized spacial score (nSPS) is 18.1. The quantitative estimate of drug-likeness (QED) is 0.840. The fourth-order valence-corrected chi connectivity index (χ4v) is 2.65. The van der Waals surface area contributed by atoms with Gasteiger partial charge < -0.3 is 20.1 Å². The highest BCUT2D eigenvalue weighted by Gasteiger charge is 2.15. The maximum Gasteiger partial charge on any atom is 0.255 e. The largest absolute Gasteiger partial charge is 0.497 e. The predicted molar refractivity (Wildman–Crippen MR) is 82.1 cm³/mol. The molecule has 5 heteroatoms. The lowest BCUT2D eigenvalue weighted by atomic mass is 9.96. The number of nitrogens with one attached hydrogen (secondary N) is 2. The molecule has 0 aromatic heterocycles. The number of carbonyl (C=O) groups excluding carboxylic acids is 1. The lowest BCUT2D eigenvalue weighted by Gasteiger charge is -2.22. The first-order valence-corrected chi connectivity index (χ1v) is 7.45. The van der Waals surface area contributed by atoms with E-state index in [1.807, 2.05) is 0 Å². The second kappa shape index (κ2) is 7.88. The van der Waals surface area contributed by atoms with Crippen molar-refractivity contribution in [3.8, 4) is 11.5 Å². The van der Waals surface area contributed by atoms with Gasteiger partial charge in [-0.05, 0) is 56.5 Å². The first-order chi connectivity index (χ1) is 10.2. The molecule has 1 amide bonds. The first kappa shape index (κ1) is 15.6. The maximum absolute atomic E-state index is 12.3. The second-order valence-corrected chi connectivity index (χ2v) is 5.32. The number of hydrogen-bond acceptors (Lipinski definition) is 4. The van der Waals surface area contributed by atoms with Crippen LogP contribution in [0.25, 0.3) is 0 Å². The third-order valence-electron chi connectivity index (χ3n) is 3.89. The zero-order chi connectivity index (χ0) is 15.1. The summed E-state index contributed by atoms with van der Waals surface area (Å²) < 4.78 is 10.4. The lowest BCUT2D eigenvalue weighted by Crippen LogP contribution is -2.33. The van der Waals surface area contributed by atoms with E-state index < -0.39 is 0 Å². The van der Waals surface area contributed by atoms with E-state index in [2.05, 4.69) is 10.6 Å². The fourth-order valence-electron chi connectivity index (χ4n) is 2.65. The number of carbonyl (C=O) groups is 1. The summed E-state index contributed by atoms with van der Waals surface area (Å²) in [5.41, 5.74) is 0.513. The van der Waals surface area contributed by atoms with Crippen molar-refractivity contribution in [1.82, 2.24) is 10.6 Å². The molecule has 21 heavy (non-hydrogen) atoms. The summed E-state index contributed by atoms with van der Waals surface area (Å²) in [5, 5.41) is 6.36. The van der Waals surface area contributed by atoms with Crippen LogP contribution in [0.1, 0.15) is 29.6 Å². The van der Waals surface area contributed by atoms with Crippen LogP contribution in [0.2, 0.25) is 0 Å². The Hall–Kier alpha value is -1.75. The molecule has 5 nitrogen and oxygen atoms in total. The van der Waals surface area contributed by atoms with Gasteiger partial charge in [0.2, 0.25) is 0 Å². The van der Waals surface area contributed by atoms with Crippen molar-refractivity contribution in [3.63, 3.8) is 0 Å². The van der Waals surface area contributed by atoms with Crippen LogP contribution < -0.4 is 20.1 Å². The van der Waals surface area contributed by atoms with E-state index in [0.29, 0.717) is 29.5 Å². The monoisotopic (exact) mass is 292 g/mol. The van der Waals surface area contributed by atoms with Crippen molar-refractivity contribution in [3.05, 3.63) is 23.8 Å². The second-order valence-electron chi connectivity index (χ2n) is 5.32. The molecule has 0 radical (unpaired) electrons. The van der Waals surface area contributed by atoms with Crippen LogP contribution in [-0.4, -0.2) is 39.8 Å². The van der Waals surface area contributed by atoms with E-state index in [1.165, 1.54) is 12.8 Å². The van der Waals surface area contributed by atoms with Crippen molar-refractivity contribution in [2.24, 2.45) is 5.92 Å². The molecule has 1 aromatic carbocycles. The van der Waals surface area contributed by atoms with E-state index in [-0.39, 0.29) is 5.91 Å². The van der Waals surface area contributed by atoms with E-state index in [1.54, 1.807) is 32.4 Å². The van der Waals surface area contributed by atoms with Gasteiger partial charge in [0, 0.05) is 6.54 Å². The summed E-state index contributed by atoms with van der Waals surface area (Å²) in [4.78, 5) is 12.3. The summed E-state index contributed by atoms with van der Waals surface area (Å²) in [7, 11) is 3.14. The minimum Gasteiger partial charge on any atom is -0.497 e. The Morgan fingerprint density at radius 1 is 1.38 bits per heavy atom. The number of amides is 1. The van der Waals surface area contributed by atoms with Gasteiger partial charge in [-0.3, -0.25) is 4.79 Å². The smallest absolute Gasteiger partial charge is 0.255 e. The number of ether oxygens (including phenoxy) is 2. The van der Waals surface area contributed by atoms with Gasteiger partial charge >= 0.3 is 0 Å². The minimum absolute atomic E-state index is 0.116. The van der Waals surface area contributed by atoms with Crippen molar-refractivity contribution >= 4 is 5.91 Å². The molecule has 1 aromatic rings. The van der Waals surface area contributed by atoms with Crippen molar-refractivity contribution in [1.29, 1.82) is 0 Å². The van der Waals surface area contributed by atoms with Crippen LogP contribution in [0.15, 0.2) is 18.2 Å². The van der Waals surface area contributed by atoms with Crippen molar-refractivity contribution in [2.45, 2.75) is 19.3 Å². The molecule has 1 aliphatic rings. The number of benzene rings is 1. The number of methoxy groups -OCH3 is 2. The molecule has 0 aliphatic carbocycles. The molecule has 0 bridgehead atoms.